The minimum atomic E-state index is 0.633. The first-order chi connectivity index (χ1) is 7.24. The number of methoxy groups -OCH3 is 2. The van der Waals surface area contributed by atoms with Crippen molar-refractivity contribution in [2.24, 2.45) is 0 Å². The van der Waals surface area contributed by atoms with Crippen molar-refractivity contribution in [3.63, 3.8) is 0 Å². The summed E-state index contributed by atoms with van der Waals surface area (Å²) in [6.07, 6.45) is 0. The lowest BCUT2D eigenvalue weighted by atomic mass is 10.1. The summed E-state index contributed by atoms with van der Waals surface area (Å²) in [5.74, 6) is 1.48. The molecule has 0 atom stereocenters. The highest BCUT2D eigenvalue weighted by Crippen LogP contribution is 2.25. The lowest BCUT2D eigenvalue weighted by Crippen LogP contribution is -1.91. The van der Waals surface area contributed by atoms with E-state index in [9.17, 15) is 0 Å². The molecule has 0 N–H and O–H groups in total. The Labute approximate surface area is 88.7 Å². The predicted octanol–water partition coefficient (Wildman–Crippen LogP) is 2.56. The Morgan fingerprint density at radius 3 is 2.53 bits per heavy atom. The van der Waals surface area contributed by atoms with E-state index < -0.39 is 0 Å². The first kappa shape index (κ1) is 9.77. The molecule has 2 aromatic rings. The van der Waals surface area contributed by atoms with Crippen molar-refractivity contribution in [3.8, 4) is 11.6 Å². The molecule has 0 fully saturated rings. The number of pyridine rings is 1. The summed E-state index contributed by atoms with van der Waals surface area (Å²) in [6.45, 7) is 1.97. The van der Waals surface area contributed by atoms with E-state index >= 15 is 0 Å². The lowest BCUT2D eigenvalue weighted by Gasteiger charge is -2.06. The van der Waals surface area contributed by atoms with Gasteiger partial charge in [-0.05, 0) is 30.5 Å². The van der Waals surface area contributed by atoms with Crippen molar-refractivity contribution < 1.29 is 9.47 Å². The highest BCUT2D eigenvalue weighted by molar-refractivity contribution is 5.86. The van der Waals surface area contributed by atoms with Gasteiger partial charge in [0.2, 0.25) is 5.88 Å². The Kier molecular flexibility index (Phi) is 2.46. The fraction of sp³-hybridized carbons (Fsp3) is 0.250. The second kappa shape index (κ2) is 3.77. The smallest absolute Gasteiger partial charge is 0.213 e. The number of benzene rings is 1. The van der Waals surface area contributed by atoms with Gasteiger partial charge in [-0.2, -0.15) is 0 Å². The zero-order valence-corrected chi connectivity index (χ0v) is 9.07. The van der Waals surface area contributed by atoms with Crippen LogP contribution in [0.2, 0.25) is 0 Å². The first-order valence-corrected chi connectivity index (χ1v) is 4.74. The largest absolute Gasteiger partial charge is 0.497 e. The summed E-state index contributed by atoms with van der Waals surface area (Å²) in [6, 6.07) is 7.83. The number of nitrogens with zero attached hydrogens (tertiary/aromatic N) is 1. The highest BCUT2D eigenvalue weighted by Gasteiger charge is 2.03. The van der Waals surface area contributed by atoms with Crippen molar-refractivity contribution in [2.75, 3.05) is 14.2 Å². The predicted molar refractivity (Wildman–Crippen MR) is 59.6 cm³/mol. The second-order valence-corrected chi connectivity index (χ2v) is 3.34. The third-order valence-electron chi connectivity index (χ3n) is 2.41. The molecule has 0 unspecified atom stereocenters. The number of fused-ring (bicyclic) bond motifs is 1. The second-order valence-electron chi connectivity index (χ2n) is 3.34. The van der Waals surface area contributed by atoms with Crippen molar-refractivity contribution in [1.29, 1.82) is 0 Å². The van der Waals surface area contributed by atoms with Crippen LogP contribution in [0.4, 0.5) is 0 Å². The van der Waals surface area contributed by atoms with Crippen LogP contribution in [0.15, 0.2) is 24.3 Å². The molecular formula is C12H13NO2. The quantitative estimate of drug-likeness (QED) is 0.751. The molecule has 3 nitrogen and oxygen atoms in total. The van der Waals surface area contributed by atoms with Gasteiger partial charge in [-0.1, -0.05) is 0 Å². The molecule has 0 saturated heterocycles. The highest BCUT2D eigenvalue weighted by atomic mass is 16.5. The monoisotopic (exact) mass is 203 g/mol. The zero-order valence-electron chi connectivity index (χ0n) is 9.07. The number of aromatic nitrogens is 1. The fourth-order valence-electron chi connectivity index (χ4n) is 1.61. The van der Waals surface area contributed by atoms with Gasteiger partial charge in [0.15, 0.2) is 0 Å². The van der Waals surface area contributed by atoms with Gasteiger partial charge in [-0.3, -0.25) is 0 Å². The van der Waals surface area contributed by atoms with Crippen molar-refractivity contribution in [2.45, 2.75) is 6.92 Å². The summed E-state index contributed by atoms with van der Waals surface area (Å²) in [7, 11) is 3.28. The average molecular weight is 203 g/mol. The summed E-state index contributed by atoms with van der Waals surface area (Å²) >= 11 is 0. The van der Waals surface area contributed by atoms with E-state index in [4.69, 9.17) is 9.47 Å². The SMILES string of the molecule is COc1ccc2c(C)nc(OC)cc2c1. The summed E-state index contributed by atoms with van der Waals surface area (Å²) in [5, 5.41) is 2.20. The van der Waals surface area contributed by atoms with Gasteiger partial charge < -0.3 is 9.47 Å². The summed E-state index contributed by atoms with van der Waals surface area (Å²) in [4.78, 5) is 4.31. The molecule has 0 bridgehead atoms. The Morgan fingerprint density at radius 2 is 1.87 bits per heavy atom. The van der Waals surface area contributed by atoms with E-state index in [1.807, 2.05) is 31.2 Å². The average Bonchev–Trinajstić information content (AvgIpc) is 2.28. The van der Waals surface area contributed by atoms with Crippen LogP contribution in [0.1, 0.15) is 5.69 Å². The standard InChI is InChI=1S/C12H13NO2/c1-8-11-5-4-10(14-2)6-9(11)7-12(13-8)15-3/h4-7H,1-3H3. The van der Waals surface area contributed by atoms with Crippen LogP contribution in [0.3, 0.4) is 0 Å². The Morgan fingerprint density at radius 1 is 1.07 bits per heavy atom. The zero-order chi connectivity index (χ0) is 10.8. The molecule has 0 amide bonds. The topological polar surface area (TPSA) is 31.4 Å². The third kappa shape index (κ3) is 1.73. The fourth-order valence-corrected chi connectivity index (χ4v) is 1.61. The molecule has 1 aromatic carbocycles. The Hall–Kier alpha value is -1.77. The van der Waals surface area contributed by atoms with Gasteiger partial charge in [-0.25, -0.2) is 4.98 Å². The molecule has 0 aliphatic rings. The van der Waals surface area contributed by atoms with E-state index in [1.54, 1.807) is 14.2 Å². The third-order valence-corrected chi connectivity index (χ3v) is 2.41. The molecule has 0 spiro atoms. The van der Waals surface area contributed by atoms with E-state index in [0.717, 1.165) is 22.2 Å². The molecule has 78 valence electrons. The normalized spacial score (nSPS) is 10.3. The van der Waals surface area contributed by atoms with Crippen molar-refractivity contribution in [3.05, 3.63) is 30.0 Å². The van der Waals surface area contributed by atoms with Crippen LogP contribution in [-0.4, -0.2) is 19.2 Å². The van der Waals surface area contributed by atoms with Crippen molar-refractivity contribution >= 4 is 10.8 Å². The molecule has 15 heavy (non-hydrogen) atoms. The van der Waals surface area contributed by atoms with Gasteiger partial charge >= 0.3 is 0 Å². The Balaban J connectivity index is 2.69. The first-order valence-electron chi connectivity index (χ1n) is 4.74. The summed E-state index contributed by atoms with van der Waals surface area (Å²) in [5.41, 5.74) is 0.965. The van der Waals surface area contributed by atoms with Crippen LogP contribution in [0.25, 0.3) is 10.8 Å². The molecule has 0 saturated carbocycles. The molecule has 0 radical (unpaired) electrons. The number of hydrogen-bond acceptors (Lipinski definition) is 3. The molecule has 1 aromatic heterocycles. The number of hydrogen-bond donors (Lipinski definition) is 0. The maximum Gasteiger partial charge on any atom is 0.213 e. The number of aryl methyl sites for hydroxylation is 1. The van der Waals surface area contributed by atoms with E-state index in [0.29, 0.717) is 5.88 Å². The van der Waals surface area contributed by atoms with Crippen LogP contribution >= 0.6 is 0 Å². The summed E-state index contributed by atoms with van der Waals surface area (Å²) < 4.78 is 10.3. The number of ether oxygens (including phenoxy) is 2. The molecule has 1 heterocycles. The molecule has 0 aliphatic heterocycles. The minimum absolute atomic E-state index is 0.633. The van der Waals surface area contributed by atoms with E-state index in [2.05, 4.69) is 4.98 Å². The van der Waals surface area contributed by atoms with E-state index in [1.165, 1.54) is 0 Å². The maximum absolute atomic E-state index is 5.17. The van der Waals surface area contributed by atoms with Crippen molar-refractivity contribution in [1.82, 2.24) is 4.98 Å². The molecule has 3 heteroatoms. The van der Waals surface area contributed by atoms with E-state index in [-0.39, 0.29) is 0 Å². The van der Waals surface area contributed by atoms with Gasteiger partial charge in [0.1, 0.15) is 5.75 Å². The Bertz CT molecular complexity index is 489. The minimum Gasteiger partial charge on any atom is -0.497 e. The van der Waals surface area contributed by atoms with Crippen LogP contribution in [0, 0.1) is 6.92 Å². The van der Waals surface area contributed by atoms with Crippen LogP contribution < -0.4 is 9.47 Å². The van der Waals surface area contributed by atoms with Crippen LogP contribution in [-0.2, 0) is 0 Å². The van der Waals surface area contributed by atoms with Gasteiger partial charge in [0.25, 0.3) is 0 Å². The number of rotatable bonds is 2. The molecule has 2 rings (SSSR count). The van der Waals surface area contributed by atoms with Crippen LogP contribution in [0.5, 0.6) is 11.6 Å². The van der Waals surface area contributed by atoms with Gasteiger partial charge in [0, 0.05) is 17.1 Å². The maximum atomic E-state index is 5.17. The van der Waals surface area contributed by atoms with Gasteiger partial charge in [-0.15, -0.1) is 0 Å². The molecule has 0 aliphatic carbocycles. The van der Waals surface area contributed by atoms with Gasteiger partial charge in [0.05, 0.1) is 14.2 Å². The lowest BCUT2D eigenvalue weighted by molar-refractivity contribution is 0.397. The molecular weight excluding hydrogens is 190 g/mol.